The van der Waals surface area contributed by atoms with Crippen LogP contribution in [0.5, 0.6) is 0 Å². The number of hydrogen-bond donors (Lipinski definition) is 2. The normalized spacial score (nSPS) is 14.3. The Bertz CT molecular complexity index is 1020. The lowest BCUT2D eigenvalue weighted by molar-refractivity contribution is 0.0952. The molecule has 0 spiro atoms. The second-order valence-corrected chi connectivity index (χ2v) is 6.36. The first-order valence-corrected chi connectivity index (χ1v) is 8.89. The molecule has 0 radical (unpaired) electrons. The number of aromatic nitrogens is 2. The number of benzene rings is 1. The molecule has 0 saturated carbocycles. The molecule has 4 rings (SSSR count). The van der Waals surface area contributed by atoms with Gasteiger partial charge in [-0.25, -0.2) is 4.98 Å². The minimum Gasteiger partial charge on any atom is -0.378 e. The Labute approximate surface area is 156 Å². The first kappa shape index (κ1) is 17.2. The van der Waals surface area contributed by atoms with Gasteiger partial charge in [-0.2, -0.15) is 0 Å². The molecule has 7 nitrogen and oxygen atoms in total. The van der Waals surface area contributed by atoms with E-state index in [0.717, 1.165) is 24.5 Å². The summed E-state index contributed by atoms with van der Waals surface area (Å²) in [6.45, 7) is 3.22. The third-order valence-corrected chi connectivity index (χ3v) is 4.61. The smallest absolute Gasteiger partial charge is 0.252 e. The maximum absolute atomic E-state index is 12.8. The summed E-state index contributed by atoms with van der Waals surface area (Å²) in [5.41, 5.74) is 1.65. The third kappa shape index (κ3) is 3.68. The number of hydrogen-bond acceptors (Lipinski definition) is 5. The van der Waals surface area contributed by atoms with Gasteiger partial charge >= 0.3 is 0 Å². The molecule has 1 aliphatic heterocycles. The minimum absolute atomic E-state index is 0.283. The van der Waals surface area contributed by atoms with E-state index in [1.54, 1.807) is 12.3 Å². The number of nitrogens with one attached hydrogen (secondary N) is 2. The Morgan fingerprint density at radius 2 is 2.00 bits per heavy atom. The topological polar surface area (TPSA) is 87.3 Å². The van der Waals surface area contributed by atoms with Crippen molar-refractivity contribution in [2.24, 2.45) is 0 Å². The number of nitrogens with zero attached hydrogens (tertiary/aromatic N) is 2. The number of ether oxygens (including phenoxy) is 1. The van der Waals surface area contributed by atoms with Crippen LogP contribution in [0.1, 0.15) is 15.9 Å². The highest BCUT2D eigenvalue weighted by Gasteiger charge is 2.17. The second-order valence-electron chi connectivity index (χ2n) is 6.36. The Kier molecular flexibility index (Phi) is 4.84. The van der Waals surface area contributed by atoms with Crippen molar-refractivity contribution in [1.82, 2.24) is 15.3 Å². The average molecular weight is 364 g/mol. The number of fused-ring (bicyclic) bond motifs is 1. The summed E-state index contributed by atoms with van der Waals surface area (Å²) in [5.74, 6) is 0.575. The van der Waals surface area contributed by atoms with E-state index in [1.165, 1.54) is 6.07 Å². The fourth-order valence-electron chi connectivity index (χ4n) is 3.29. The van der Waals surface area contributed by atoms with Gasteiger partial charge in [-0.15, -0.1) is 0 Å². The monoisotopic (exact) mass is 364 g/mol. The summed E-state index contributed by atoms with van der Waals surface area (Å²) in [6, 6.07) is 12.4. The standard InChI is InChI=1S/C20H20N4O3/c25-18-12-16(15-5-1-2-6-17(15)23-18)20(26)22-13-14-4-3-7-21-19(14)24-8-10-27-11-9-24/h1-7,12H,8-11,13H2,(H,22,26)(H,23,25). The first-order chi connectivity index (χ1) is 13.2. The maximum Gasteiger partial charge on any atom is 0.252 e. The van der Waals surface area contributed by atoms with Crippen molar-refractivity contribution in [3.8, 4) is 0 Å². The molecule has 3 aromatic rings. The van der Waals surface area contributed by atoms with Crippen molar-refractivity contribution in [1.29, 1.82) is 0 Å². The van der Waals surface area contributed by atoms with E-state index in [9.17, 15) is 9.59 Å². The largest absolute Gasteiger partial charge is 0.378 e. The van der Waals surface area contributed by atoms with Gasteiger partial charge in [0.15, 0.2) is 0 Å². The van der Waals surface area contributed by atoms with Crippen LogP contribution >= 0.6 is 0 Å². The molecule has 27 heavy (non-hydrogen) atoms. The zero-order valence-corrected chi connectivity index (χ0v) is 14.8. The van der Waals surface area contributed by atoms with Gasteiger partial charge in [0.25, 0.3) is 5.91 Å². The quantitative estimate of drug-likeness (QED) is 0.736. The molecular formula is C20H20N4O3. The van der Waals surface area contributed by atoms with Crippen LogP contribution in [0.4, 0.5) is 5.82 Å². The van der Waals surface area contributed by atoms with Gasteiger partial charge in [0.2, 0.25) is 5.56 Å². The highest BCUT2D eigenvalue weighted by Crippen LogP contribution is 2.19. The molecule has 0 bridgehead atoms. The van der Waals surface area contributed by atoms with Crippen molar-refractivity contribution in [3.05, 3.63) is 70.1 Å². The SMILES string of the molecule is O=C(NCc1cccnc1N1CCOCC1)c1cc(=O)[nH]c2ccccc12. The zero-order valence-electron chi connectivity index (χ0n) is 14.8. The van der Waals surface area contributed by atoms with Crippen LogP contribution in [-0.4, -0.2) is 42.2 Å². The molecule has 1 aliphatic rings. The van der Waals surface area contributed by atoms with Crippen molar-refractivity contribution in [3.63, 3.8) is 0 Å². The molecule has 2 aromatic heterocycles. The number of pyridine rings is 2. The number of carbonyl (C=O) groups excluding carboxylic acids is 1. The number of morpholine rings is 1. The van der Waals surface area contributed by atoms with Crippen molar-refractivity contribution < 1.29 is 9.53 Å². The highest BCUT2D eigenvalue weighted by molar-refractivity contribution is 6.05. The van der Waals surface area contributed by atoms with E-state index in [0.29, 0.717) is 36.2 Å². The minimum atomic E-state index is -0.297. The van der Waals surface area contributed by atoms with E-state index in [2.05, 4.69) is 20.2 Å². The van der Waals surface area contributed by atoms with E-state index < -0.39 is 0 Å². The van der Waals surface area contributed by atoms with Gasteiger partial charge in [0, 0.05) is 48.4 Å². The highest BCUT2D eigenvalue weighted by atomic mass is 16.5. The van der Waals surface area contributed by atoms with E-state index >= 15 is 0 Å². The fraction of sp³-hybridized carbons (Fsp3) is 0.250. The van der Waals surface area contributed by atoms with Gasteiger partial charge < -0.3 is 19.9 Å². The molecule has 1 aromatic carbocycles. The number of aromatic amines is 1. The van der Waals surface area contributed by atoms with Crippen LogP contribution in [0.25, 0.3) is 10.9 Å². The van der Waals surface area contributed by atoms with Crippen LogP contribution in [0.3, 0.4) is 0 Å². The first-order valence-electron chi connectivity index (χ1n) is 8.89. The van der Waals surface area contributed by atoms with E-state index in [4.69, 9.17) is 4.74 Å². The van der Waals surface area contributed by atoms with Gasteiger partial charge in [0.05, 0.1) is 18.8 Å². The van der Waals surface area contributed by atoms with Crippen LogP contribution in [-0.2, 0) is 11.3 Å². The average Bonchev–Trinajstić information content (AvgIpc) is 2.72. The molecule has 1 fully saturated rings. The molecule has 2 N–H and O–H groups in total. The molecule has 1 amide bonds. The lowest BCUT2D eigenvalue weighted by atomic mass is 10.1. The number of para-hydroxylation sites is 1. The summed E-state index contributed by atoms with van der Waals surface area (Å²) in [4.78, 5) is 34.0. The Balaban J connectivity index is 1.56. The summed E-state index contributed by atoms with van der Waals surface area (Å²) in [7, 11) is 0. The lowest BCUT2D eigenvalue weighted by Crippen LogP contribution is -2.37. The van der Waals surface area contributed by atoms with Gasteiger partial charge in [-0.05, 0) is 12.1 Å². The Hall–Kier alpha value is -3.19. The third-order valence-electron chi connectivity index (χ3n) is 4.61. The van der Waals surface area contributed by atoms with Crippen molar-refractivity contribution in [2.75, 3.05) is 31.2 Å². The summed E-state index contributed by atoms with van der Waals surface area (Å²) >= 11 is 0. The second kappa shape index (κ2) is 7.59. The zero-order chi connectivity index (χ0) is 18.6. The van der Waals surface area contributed by atoms with E-state index in [1.807, 2.05) is 30.3 Å². The van der Waals surface area contributed by atoms with Gasteiger partial charge in [0.1, 0.15) is 5.82 Å². The number of rotatable bonds is 4. The maximum atomic E-state index is 12.8. The van der Waals surface area contributed by atoms with Crippen LogP contribution in [0, 0.1) is 0 Å². The summed E-state index contributed by atoms with van der Waals surface area (Å²) < 4.78 is 5.40. The van der Waals surface area contributed by atoms with Crippen molar-refractivity contribution >= 4 is 22.6 Å². The lowest BCUT2D eigenvalue weighted by Gasteiger charge is -2.29. The van der Waals surface area contributed by atoms with Crippen LogP contribution in [0.15, 0.2) is 53.5 Å². The van der Waals surface area contributed by atoms with E-state index in [-0.39, 0.29) is 11.5 Å². The number of H-pyrrole nitrogens is 1. The van der Waals surface area contributed by atoms with Crippen molar-refractivity contribution in [2.45, 2.75) is 6.54 Å². The molecule has 0 aliphatic carbocycles. The Morgan fingerprint density at radius 1 is 1.19 bits per heavy atom. The predicted octanol–water partition coefficient (Wildman–Crippen LogP) is 1.69. The summed E-state index contributed by atoms with van der Waals surface area (Å²) in [5, 5.41) is 3.64. The fourth-order valence-corrected chi connectivity index (χ4v) is 3.29. The summed E-state index contributed by atoms with van der Waals surface area (Å²) in [6.07, 6.45) is 1.75. The molecule has 1 saturated heterocycles. The molecule has 0 unspecified atom stereocenters. The molecule has 138 valence electrons. The molecular weight excluding hydrogens is 344 g/mol. The van der Waals surface area contributed by atoms with Crippen LogP contribution < -0.4 is 15.8 Å². The van der Waals surface area contributed by atoms with Gasteiger partial charge in [-0.3, -0.25) is 9.59 Å². The van der Waals surface area contributed by atoms with Gasteiger partial charge in [-0.1, -0.05) is 24.3 Å². The number of amides is 1. The number of carbonyl (C=O) groups is 1. The molecule has 3 heterocycles. The molecule has 0 atom stereocenters. The van der Waals surface area contributed by atoms with Crippen LogP contribution in [0.2, 0.25) is 0 Å². The predicted molar refractivity (Wildman–Crippen MR) is 103 cm³/mol. The number of anilines is 1. The Morgan fingerprint density at radius 3 is 2.85 bits per heavy atom. The molecule has 7 heteroatoms.